The fourth-order valence-electron chi connectivity index (χ4n) is 1.66. The van der Waals surface area contributed by atoms with Gasteiger partial charge in [-0.15, -0.1) is 11.3 Å². The smallest absolute Gasteiger partial charge is 0.0965 e. The van der Waals surface area contributed by atoms with Crippen LogP contribution in [0.15, 0.2) is 29.9 Å². The second-order valence-electron chi connectivity index (χ2n) is 4.01. The first-order valence-electron chi connectivity index (χ1n) is 5.47. The Labute approximate surface area is 100 Å². The summed E-state index contributed by atoms with van der Waals surface area (Å²) < 4.78 is 2.14. The summed E-state index contributed by atoms with van der Waals surface area (Å²) in [5.74, 6) is 0.486. The minimum Gasteiger partial charge on any atom is -0.353 e. The van der Waals surface area contributed by atoms with E-state index in [1.807, 2.05) is 11.6 Å². The standard InChI is InChI=1S/C12H17N3S/c1-10(12-14-5-7-16-12)8-13-9-11-4-3-6-15(11)2/h3-7,10,13H,8-9H2,1-2H3. The van der Waals surface area contributed by atoms with Crippen LogP contribution >= 0.6 is 11.3 Å². The van der Waals surface area contributed by atoms with E-state index < -0.39 is 0 Å². The van der Waals surface area contributed by atoms with Crippen molar-refractivity contribution in [3.05, 3.63) is 40.6 Å². The molecule has 0 aromatic carbocycles. The summed E-state index contributed by atoms with van der Waals surface area (Å²) in [6.45, 7) is 4.09. The third-order valence-corrected chi connectivity index (χ3v) is 3.69. The average Bonchev–Trinajstić information content (AvgIpc) is 2.90. The summed E-state index contributed by atoms with van der Waals surface area (Å²) in [6, 6.07) is 4.21. The van der Waals surface area contributed by atoms with Crippen LogP contribution in [0.25, 0.3) is 0 Å². The van der Waals surface area contributed by atoms with E-state index >= 15 is 0 Å². The zero-order valence-corrected chi connectivity index (χ0v) is 10.5. The second kappa shape index (κ2) is 5.27. The van der Waals surface area contributed by atoms with Crippen LogP contribution in [0.5, 0.6) is 0 Å². The van der Waals surface area contributed by atoms with E-state index in [1.165, 1.54) is 10.7 Å². The average molecular weight is 235 g/mol. The minimum atomic E-state index is 0.486. The van der Waals surface area contributed by atoms with Crippen molar-refractivity contribution in [3.8, 4) is 0 Å². The molecule has 0 spiro atoms. The SMILES string of the molecule is CC(CNCc1cccn1C)c1nccs1. The lowest BCUT2D eigenvalue weighted by molar-refractivity contribution is 0.595. The Morgan fingerprint density at radius 2 is 2.44 bits per heavy atom. The van der Waals surface area contributed by atoms with E-state index in [9.17, 15) is 0 Å². The quantitative estimate of drug-likeness (QED) is 0.862. The van der Waals surface area contributed by atoms with E-state index in [4.69, 9.17) is 0 Å². The molecule has 0 bridgehead atoms. The predicted octanol–water partition coefficient (Wildman–Crippen LogP) is 2.37. The van der Waals surface area contributed by atoms with Crippen LogP contribution in [0, 0.1) is 0 Å². The van der Waals surface area contributed by atoms with E-state index in [0.29, 0.717) is 5.92 Å². The third-order valence-electron chi connectivity index (χ3n) is 2.68. The van der Waals surface area contributed by atoms with Gasteiger partial charge in [0.2, 0.25) is 0 Å². The van der Waals surface area contributed by atoms with Gasteiger partial charge in [0.25, 0.3) is 0 Å². The summed E-state index contributed by atoms with van der Waals surface area (Å²) in [4.78, 5) is 4.32. The molecule has 0 aliphatic rings. The maximum Gasteiger partial charge on any atom is 0.0965 e. The van der Waals surface area contributed by atoms with Crippen LogP contribution in [0.2, 0.25) is 0 Å². The van der Waals surface area contributed by atoms with Gasteiger partial charge in [-0.25, -0.2) is 4.98 Å². The molecule has 0 amide bonds. The molecular formula is C12H17N3S. The third kappa shape index (κ3) is 2.71. The van der Waals surface area contributed by atoms with Gasteiger partial charge in [0.15, 0.2) is 0 Å². The van der Waals surface area contributed by atoms with E-state index in [1.54, 1.807) is 11.3 Å². The molecule has 1 unspecified atom stereocenters. The summed E-state index contributed by atoms with van der Waals surface area (Å²) in [5, 5.41) is 6.70. The first-order chi connectivity index (χ1) is 7.77. The molecule has 86 valence electrons. The van der Waals surface area contributed by atoms with Gasteiger partial charge in [0.1, 0.15) is 0 Å². The normalized spacial score (nSPS) is 12.9. The van der Waals surface area contributed by atoms with Crippen LogP contribution in [0.1, 0.15) is 23.5 Å². The molecule has 2 heterocycles. The van der Waals surface area contributed by atoms with Crippen LogP contribution in [-0.4, -0.2) is 16.1 Å². The number of nitrogens with one attached hydrogen (secondary N) is 1. The molecule has 0 fully saturated rings. The van der Waals surface area contributed by atoms with Gasteiger partial charge in [-0.3, -0.25) is 0 Å². The second-order valence-corrected chi connectivity index (χ2v) is 4.94. The molecule has 2 rings (SSSR count). The van der Waals surface area contributed by atoms with Crippen molar-refractivity contribution in [1.29, 1.82) is 0 Å². The van der Waals surface area contributed by atoms with Crippen molar-refractivity contribution in [1.82, 2.24) is 14.9 Å². The predicted molar refractivity (Wildman–Crippen MR) is 67.6 cm³/mol. The lowest BCUT2D eigenvalue weighted by Gasteiger charge is -2.10. The zero-order chi connectivity index (χ0) is 11.4. The van der Waals surface area contributed by atoms with Crippen molar-refractivity contribution in [2.24, 2.45) is 7.05 Å². The summed E-state index contributed by atoms with van der Waals surface area (Å²) >= 11 is 1.73. The highest BCUT2D eigenvalue weighted by Crippen LogP contribution is 2.16. The highest BCUT2D eigenvalue weighted by Gasteiger charge is 2.07. The van der Waals surface area contributed by atoms with Gasteiger partial charge >= 0.3 is 0 Å². The van der Waals surface area contributed by atoms with E-state index in [2.05, 4.69) is 47.2 Å². The lowest BCUT2D eigenvalue weighted by atomic mass is 10.2. The summed E-state index contributed by atoms with van der Waals surface area (Å²) in [6.07, 6.45) is 3.94. The van der Waals surface area contributed by atoms with Gasteiger partial charge in [-0.2, -0.15) is 0 Å². The van der Waals surface area contributed by atoms with Gasteiger partial charge in [0, 0.05) is 49.5 Å². The van der Waals surface area contributed by atoms with Crippen LogP contribution in [-0.2, 0) is 13.6 Å². The Bertz CT molecular complexity index is 419. The Hall–Kier alpha value is -1.13. The number of hydrogen-bond acceptors (Lipinski definition) is 3. The maximum atomic E-state index is 4.32. The van der Waals surface area contributed by atoms with Gasteiger partial charge in [0.05, 0.1) is 5.01 Å². The van der Waals surface area contributed by atoms with Crippen LogP contribution in [0.3, 0.4) is 0 Å². The van der Waals surface area contributed by atoms with Crippen molar-refractivity contribution >= 4 is 11.3 Å². The molecule has 1 atom stereocenters. The number of nitrogens with zero attached hydrogens (tertiary/aromatic N) is 2. The van der Waals surface area contributed by atoms with Crippen LogP contribution < -0.4 is 5.32 Å². The molecule has 16 heavy (non-hydrogen) atoms. The molecular weight excluding hydrogens is 218 g/mol. The Morgan fingerprint density at radius 1 is 1.56 bits per heavy atom. The van der Waals surface area contributed by atoms with Gasteiger partial charge in [-0.05, 0) is 12.1 Å². The molecule has 2 aromatic heterocycles. The molecule has 1 N–H and O–H groups in total. The Kier molecular flexibility index (Phi) is 3.74. The molecule has 2 aromatic rings. The largest absolute Gasteiger partial charge is 0.353 e. The fraction of sp³-hybridized carbons (Fsp3) is 0.417. The van der Waals surface area contributed by atoms with E-state index in [0.717, 1.165) is 13.1 Å². The van der Waals surface area contributed by atoms with Crippen molar-refractivity contribution in [2.75, 3.05) is 6.54 Å². The molecule has 4 heteroatoms. The number of aromatic nitrogens is 2. The van der Waals surface area contributed by atoms with Gasteiger partial charge in [-0.1, -0.05) is 6.92 Å². The fourth-order valence-corrected chi connectivity index (χ4v) is 2.36. The van der Waals surface area contributed by atoms with Crippen LogP contribution in [0.4, 0.5) is 0 Å². The molecule has 0 saturated carbocycles. The lowest BCUT2D eigenvalue weighted by Crippen LogP contribution is -2.20. The Balaban J connectivity index is 1.78. The summed E-state index contributed by atoms with van der Waals surface area (Å²) in [7, 11) is 2.07. The van der Waals surface area contributed by atoms with Gasteiger partial charge < -0.3 is 9.88 Å². The number of rotatable bonds is 5. The van der Waals surface area contributed by atoms with Crippen molar-refractivity contribution < 1.29 is 0 Å². The topological polar surface area (TPSA) is 29.9 Å². The number of thiazole rings is 1. The van der Waals surface area contributed by atoms with Crippen molar-refractivity contribution in [2.45, 2.75) is 19.4 Å². The molecule has 0 saturated heterocycles. The van der Waals surface area contributed by atoms with E-state index in [-0.39, 0.29) is 0 Å². The maximum absolute atomic E-state index is 4.32. The molecule has 3 nitrogen and oxygen atoms in total. The first kappa shape index (κ1) is 11.4. The van der Waals surface area contributed by atoms with Crippen molar-refractivity contribution in [3.63, 3.8) is 0 Å². The Morgan fingerprint density at radius 3 is 3.06 bits per heavy atom. The number of aryl methyl sites for hydroxylation is 1. The molecule has 0 radical (unpaired) electrons. The zero-order valence-electron chi connectivity index (χ0n) is 9.68. The minimum absolute atomic E-state index is 0.486. The highest BCUT2D eigenvalue weighted by molar-refractivity contribution is 7.09. The summed E-state index contributed by atoms with van der Waals surface area (Å²) in [5.41, 5.74) is 1.31. The first-order valence-corrected chi connectivity index (χ1v) is 6.35. The molecule has 0 aliphatic carbocycles. The molecule has 0 aliphatic heterocycles. The highest BCUT2D eigenvalue weighted by atomic mass is 32.1. The number of hydrogen-bond donors (Lipinski definition) is 1. The monoisotopic (exact) mass is 235 g/mol.